The van der Waals surface area contributed by atoms with Gasteiger partial charge >= 0.3 is 0 Å². The molecule has 6 heteroatoms. The van der Waals surface area contributed by atoms with E-state index in [1.807, 2.05) is 66.7 Å². The third-order valence-electron chi connectivity index (χ3n) is 6.30. The van der Waals surface area contributed by atoms with E-state index in [1.165, 1.54) is 24.8 Å². The van der Waals surface area contributed by atoms with Gasteiger partial charge in [0.25, 0.3) is 5.91 Å². The summed E-state index contributed by atoms with van der Waals surface area (Å²) in [5, 5.41) is 11.7. The number of nitrogens with one attached hydrogen (secondary N) is 2. The first-order valence-corrected chi connectivity index (χ1v) is 13.8. The molecule has 38 heavy (non-hydrogen) atoms. The zero-order chi connectivity index (χ0) is 26.2. The zero-order valence-electron chi connectivity index (χ0n) is 21.4. The van der Waals surface area contributed by atoms with Crippen molar-refractivity contribution in [3.63, 3.8) is 0 Å². The number of rotatable bonds is 10. The number of hydrogen-bond donors (Lipinski definition) is 2. The molecule has 0 aliphatic rings. The maximum absolute atomic E-state index is 13.2. The fourth-order valence-electron chi connectivity index (χ4n) is 4.25. The molecule has 0 spiro atoms. The smallest absolute Gasteiger partial charge is 0.256 e. The fraction of sp³-hybridized carbons (Fsp3) is 0.156. The molecular weight excluding hydrogens is 488 g/mol. The van der Waals surface area contributed by atoms with Gasteiger partial charge in [0, 0.05) is 27.1 Å². The summed E-state index contributed by atoms with van der Waals surface area (Å²) in [7, 11) is 0. The van der Waals surface area contributed by atoms with Crippen LogP contribution in [-0.2, 0) is 6.42 Å². The van der Waals surface area contributed by atoms with Crippen LogP contribution in [-0.4, -0.2) is 21.1 Å². The second-order valence-corrected chi connectivity index (χ2v) is 10.2. The Morgan fingerprint density at radius 3 is 2.61 bits per heavy atom. The SMILES string of the molecule is CCCCCc1ccc(NC(=O)c2ccccc2Sc2ccc3c(/C=C/c4ccccn4)n[nH]c3c2)cc1. The summed E-state index contributed by atoms with van der Waals surface area (Å²) in [4.78, 5) is 19.4. The number of aromatic amines is 1. The highest BCUT2D eigenvalue weighted by molar-refractivity contribution is 7.99. The summed E-state index contributed by atoms with van der Waals surface area (Å²) in [6, 6.07) is 27.9. The van der Waals surface area contributed by atoms with E-state index in [9.17, 15) is 4.79 Å². The Balaban J connectivity index is 1.28. The van der Waals surface area contributed by atoms with Crippen molar-refractivity contribution in [2.24, 2.45) is 0 Å². The normalized spacial score (nSPS) is 11.3. The number of aryl methyl sites for hydroxylation is 1. The van der Waals surface area contributed by atoms with Crippen LogP contribution in [0.25, 0.3) is 23.1 Å². The van der Waals surface area contributed by atoms with Gasteiger partial charge in [0.1, 0.15) is 0 Å². The largest absolute Gasteiger partial charge is 0.322 e. The standard InChI is InChI=1S/C32H30N4OS/c1-2-3-4-9-23-13-15-25(16-14-23)34-32(37)28-11-5-6-12-31(28)38-26-18-19-27-29(35-36-30(27)22-26)20-17-24-10-7-8-21-33-24/h5-8,10-22H,2-4,9H2,1H3,(H,34,37)(H,35,36)/b20-17+. The van der Waals surface area contributed by atoms with E-state index in [2.05, 4.69) is 57.8 Å². The Morgan fingerprint density at radius 2 is 1.79 bits per heavy atom. The van der Waals surface area contributed by atoms with E-state index in [0.29, 0.717) is 5.56 Å². The molecule has 0 fully saturated rings. The highest BCUT2D eigenvalue weighted by Gasteiger charge is 2.13. The van der Waals surface area contributed by atoms with Gasteiger partial charge in [0.2, 0.25) is 0 Å². The highest BCUT2D eigenvalue weighted by atomic mass is 32.2. The van der Waals surface area contributed by atoms with Gasteiger partial charge in [-0.1, -0.05) is 61.9 Å². The Labute approximate surface area is 227 Å². The number of amides is 1. The van der Waals surface area contributed by atoms with Crippen molar-refractivity contribution in [3.8, 4) is 0 Å². The van der Waals surface area contributed by atoms with Gasteiger partial charge in [-0.2, -0.15) is 5.10 Å². The molecule has 0 radical (unpaired) electrons. The van der Waals surface area contributed by atoms with E-state index in [4.69, 9.17) is 0 Å². The number of hydrogen-bond acceptors (Lipinski definition) is 4. The van der Waals surface area contributed by atoms with Gasteiger partial charge in [-0.05, 0) is 85.2 Å². The summed E-state index contributed by atoms with van der Waals surface area (Å²) in [6.07, 6.45) is 10.4. The predicted octanol–water partition coefficient (Wildman–Crippen LogP) is 8.26. The van der Waals surface area contributed by atoms with E-state index in [1.54, 1.807) is 18.0 Å². The lowest BCUT2D eigenvalue weighted by Gasteiger charge is -2.11. The first kappa shape index (κ1) is 25.5. The van der Waals surface area contributed by atoms with Gasteiger partial charge in [0.05, 0.1) is 22.5 Å². The topological polar surface area (TPSA) is 70.7 Å². The molecule has 2 heterocycles. The molecule has 0 saturated heterocycles. The molecule has 0 atom stereocenters. The number of fused-ring (bicyclic) bond motifs is 1. The Hall–Kier alpha value is -4.16. The monoisotopic (exact) mass is 518 g/mol. The van der Waals surface area contributed by atoms with E-state index < -0.39 is 0 Å². The molecule has 5 nitrogen and oxygen atoms in total. The molecular formula is C32H30N4OS. The number of pyridine rings is 1. The Bertz CT molecular complexity index is 1540. The maximum Gasteiger partial charge on any atom is 0.256 e. The van der Waals surface area contributed by atoms with Crippen molar-refractivity contribution in [3.05, 3.63) is 114 Å². The van der Waals surface area contributed by atoms with Gasteiger partial charge in [-0.25, -0.2) is 0 Å². The third-order valence-corrected chi connectivity index (χ3v) is 7.37. The van der Waals surface area contributed by atoms with Crippen molar-refractivity contribution in [2.45, 2.75) is 42.4 Å². The zero-order valence-corrected chi connectivity index (χ0v) is 22.2. The summed E-state index contributed by atoms with van der Waals surface area (Å²) >= 11 is 1.56. The molecule has 0 bridgehead atoms. The van der Waals surface area contributed by atoms with Gasteiger partial charge < -0.3 is 5.32 Å². The number of benzene rings is 3. The van der Waals surface area contributed by atoms with Crippen LogP contribution >= 0.6 is 11.8 Å². The predicted molar refractivity (Wildman–Crippen MR) is 157 cm³/mol. The number of nitrogens with zero attached hydrogens (tertiary/aromatic N) is 2. The quantitative estimate of drug-likeness (QED) is 0.183. The van der Waals surface area contributed by atoms with Crippen LogP contribution in [0.5, 0.6) is 0 Å². The van der Waals surface area contributed by atoms with Gasteiger partial charge in [-0.3, -0.25) is 14.9 Å². The molecule has 0 aliphatic heterocycles. The lowest BCUT2D eigenvalue weighted by atomic mass is 10.1. The molecule has 1 amide bonds. The molecule has 5 aromatic rings. The molecule has 3 aromatic carbocycles. The molecule has 2 N–H and O–H groups in total. The first-order chi connectivity index (χ1) is 18.7. The van der Waals surface area contributed by atoms with Gasteiger partial charge in [0.15, 0.2) is 0 Å². The van der Waals surface area contributed by atoms with Crippen molar-refractivity contribution in [2.75, 3.05) is 5.32 Å². The molecule has 190 valence electrons. The van der Waals surface area contributed by atoms with Crippen LogP contribution < -0.4 is 5.32 Å². The molecule has 5 rings (SSSR count). The van der Waals surface area contributed by atoms with Crippen molar-refractivity contribution >= 4 is 46.4 Å². The first-order valence-electron chi connectivity index (χ1n) is 12.9. The summed E-state index contributed by atoms with van der Waals surface area (Å²) in [5.74, 6) is -0.114. The average Bonchev–Trinajstić information content (AvgIpc) is 3.36. The van der Waals surface area contributed by atoms with Crippen LogP contribution in [0.4, 0.5) is 5.69 Å². The number of H-pyrrole nitrogens is 1. The number of anilines is 1. The van der Waals surface area contributed by atoms with Gasteiger partial charge in [-0.15, -0.1) is 0 Å². The lowest BCUT2D eigenvalue weighted by molar-refractivity contribution is 0.102. The maximum atomic E-state index is 13.2. The third kappa shape index (κ3) is 6.39. The minimum Gasteiger partial charge on any atom is -0.322 e. The minimum absolute atomic E-state index is 0.114. The summed E-state index contributed by atoms with van der Waals surface area (Å²) < 4.78 is 0. The van der Waals surface area contributed by atoms with Crippen LogP contribution in [0, 0.1) is 0 Å². The minimum atomic E-state index is -0.114. The highest BCUT2D eigenvalue weighted by Crippen LogP contribution is 2.33. The van der Waals surface area contributed by atoms with E-state index >= 15 is 0 Å². The molecule has 0 unspecified atom stereocenters. The van der Waals surface area contributed by atoms with E-state index in [-0.39, 0.29) is 5.91 Å². The fourth-order valence-corrected chi connectivity index (χ4v) is 5.24. The number of carbonyl (C=O) groups is 1. The molecule has 2 aromatic heterocycles. The number of aromatic nitrogens is 3. The van der Waals surface area contributed by atoms with Crippen molar-refractivity contribution in [1.29, 1.82) is 0 Å². The lowest BCUT2D eigenvalue weighted by Crippen LogP contribution is -2.12. The van der Waals surface area contributed by atoms with Crippen LogP contribution in [0.1, 0.15) is 53.5 Å². The second kappa shape index (κ2) is 12.4. The summed E-state index contributed by atoms with van der Waals surface area (Å²) in [6.45, 7) is 2.21. The molecule has 0 saturated carbocycles. The van der Waals surface area contributed by atoms with Crippen molar-refractivity contribution < 1.29 is 4.79 Å². The Morgan fingerprint density at radius 1 is 0.947 bits per heavy atom. The van der Waals surface area contributed by atoms with Crippen LogP contribution in [0.3, 0.4) is 0 Å². The summed E-state index contributed by atoms with van der Waals surface area (Å²) in [5.41, 5.74) is 5.44. The average molecular weight is 519 g/mol. The van der Waals surface area contributed by atoms with Crippen LogP contribution in [0.15, 0.2) is 101 Å². The number of carbonyl (C=O) groups excluding carboxylic acids is 1. The van der Waals surface area contributed by atoms with Crippen molar-refractivity contribution in [1.82, 2.24) is 15.2 Å². The number of unbranched alkanes of at least 4 members (excludes halogenated alkanes) is 2. The Kier molecular flexibility index (Phi) is 8.31. The molecule has 0 aliphatic carbocycles. The van der Waals surface area contributed by atoms with Crippen LogP contribution in [0.2, 0.25) is 0 Å². The second-order valence-electron chi connectivity index (χ2n) is 9.11. The van der Waals surface area contributed by atoms with E-state index in [0.717, 1.165) is 44.2 Å².